The van der Waals surface area contributed by atoms with Crippen molar-refractivity contribution in [1.82, 2.24) is 9.80 Å². The summed E-state index contributed by atoms with van der Waals surface area (Å²) in [6.07, 6.45) is 11.5. The second kappa shape index (κ2) is 9.29. The zero-order valence-corrected chi connectivity index (χ0v) is 17.1. The van der Waals surface area contributed by atoms with Gasteiger partial charge in [0.15, 0.2) is 0 Å². The Kier molecular flexibility index (Phi) is 6.56. The molecular weight excluding hydrogens is 334 g/mol. The third-order valence-electron chi connectivity index (χ3n) is 7.04. The lowest BCUT2D eigenvalue weighted by Crippen LogP contribution is -2.56. The molecule has 4 nitrogen and oxygen atoms in total. The summed E-state index contributed by atoms with van der Waals surface area (Å²) in [6, 6.07) is 10.2. The maximum absolute atomic E-state index is 5.29. The van der Waals surface area contributed by atoms with Crippen LogP contribution >= 0.6 is 0 Å². The Morgan fingerprint density at radius 3 is 2.04 bits per heavy atom. The third kappa shape index (κ3) is 4.78. The molecule has 3 fully saturated rings. The molecule has 0 spiro atoms. The average Bonchev–Trinajstić information content (AvgIpc) is 3.04. The van der Waals surface area contributed by atoms with E-state index in [1.165, 1.54) is 83.2 Å². The summed E-state index contributed by atoms with van der Waals surface area (Å²) < 4.78 is 5.29. The van der Waals surface area contributed by atoms with Crippen LogP contribution in [0.15, 0.2) is 24.3 Å². The molecule has 0 radical (unpaired) electrons. The van der Waals surface area contributed by atoms with Crippen LogP contribution in [-0.4, -0.2) is 68.3 Å². The minimum Gasteiger partial charge on any atom is -0.497 e. The van der Waals surface area contributed by atoms with Crippen LogP contribution in [0.2, 0.25) is 0 Å². The first-order valence-electron chi connectivity index (χ1n) is 11.2. The second-order valence-electron chi connectivity index (χ2n) is 8.66. The molecule has 150 valence electrons. The van der Waals surface area contributed by atoms with Crippen molar-refractivity contribution < 1.29 is 4.74 Å². The SMILES string of the molecule is COc1ccc(N2CCN([C@@H]3CCCN(C4CCCCCC4)C3)CC2)cc1. The molecule has 1 atom stereocenters. The van der Waals surface area contributed by atoms with Crippen molar-refractivity contribution in [2.75, 3.05) is 51.3 Å². The molecule has 2 saturated heterocycles. The highest BCUT2D eigenvalue weighted by molar-refractivity contribution is 5.49. The number of hydrogen-bond donors (Lipinski definition) is 0. The summed E-state index contributed by atoms with van der Waals surface area (Å²) in [5.41, 5.74) is 1.33. The van der Waals surface area contributed by atoms with Gasteiger partial charge in [-0.3, -0.25) is 9.80 Å². The number of piperazine rings is 1. The molecule has 4 heteroatoms. The Hall–Kier alpha value is -1.26. The van der Waals surface area contributed by atoms with E-state index in [1.807, 2.05) is 0 Å². The molecule has 2 aliphatic heterocycles. The Morgan fingerprint density at radius 1 is 0.704 bits per heavy atom. The quantitative estimate of drug-likeness (QED) is 0.745. The first kappa shape index (κ1) is 19.1. The van der Waals surface area contributed by atoms with E-state index in [0.29, 0.717) is 0 Å². The van der Waals surface area contributed by atoms with Gasteiger partial charge in [-0.25, -0.2) is 0 Å². The van der Waals surface area contributed by atoms with Gasteiger partial charge in [-0.1, -0.05) is 25.7 Å². The molecule has 0 amide bonds. The summed E-state index contributed by atoms with van der Waals surface area (Å²) >= 11 is 0. The highest BCUT2D eigenvalue weighted by Crippen LogP contribution is 2.27. The number of methoxy groups -OCH3 is 1. The van der Waals surface area contributed by atoms with E-state index in [1.54, 1.807) is 7.11 Å². The minimum absolute atomic E-state index is 0.778. The first-order chi connectivity index (χ1) is 13.3. The van der Waals surface area contributed by atoms with Gasteiger partial charge < -0.3 is 9.64 Å². The van der Waals surface area contributed by atoms with Gasteiger partial charge in [-0.2, -0.15) is 0 Å². The molecule has 4 rings (SSSR count). The molecule has 0 bridgehead atoms. The normalized spacial score (nSPS) is 26.7. The van der Waals surface area contributed by atoms with E-state index >= 15 is 0 Å². The predicted molar refractivity (Wildman–Crippen MR) is 113 cm³/mol. The summed E-state index contributed by atoms with van der Waals surface area (Å²) in [5, 5.41) is 0. The fourth-order valence-corrected chi connectivity index (χ4v) is 5.37. The molecule has 1 aliphatic carbocycles. The second-order valence-corrected chi connectivity index (χ2v) is 8.66. The minimum atomic E-state index is 0.778. The van der Waals surface area contributed by atoms with Crippen molar-refractivity contribution in [2.24, 2.45) is 0 Å². The van der Waals surface area contributed by atoms with Crippen molar-refractivity contribution >= 4 is 5.69 Å². The number of rotatable bonds is 4. The van der Waals surface area contributed by atoms with Crippen molar-refractivity contribution in [3.8, 4) is 5.75 Å². The highest BCUT2D eigenvalue weighted by atomic mass is 16.5. The first-order valence-corrected chi connectivity index (χ1v) is 11.2. The average molecular weight is 372 g/mol. The van der Waals surface area contributed by atoms with Gasteiger partial charge >= 0.3 is 0 Å². The number of likely N-dealkylation sites (tertiary alicyclic amines) is 1. The van der Waals surface area contributed by atoms with Crippen molar-refractivity contribution in [2.45, 2.75) is 63.5 Å². The third-order valence-corrected chi connectivity index (χ3v) is 7.04. The molecule has 27 heavy (non-hydrogen) atoms. The van der Waals surface area contributed by atoms with Crippen LogP contribution in [0.25, 0.3) is 0 Å². The van der Waals surface area contributed by atoms with E-state index in [4.69, 9.17) is 4.74 Å². The molecule has 1 aromatic carbocycles. The monoisotopic (exact) mass is 371 g/mol. The van der Waals surface area contributed by atoms with Crippen LogP contribution < -0.4 is 9.64 Å². The number of ether oxygens (including phenoxy) is 1. The number of anilines is 1. The lowest BCUT2D eigenvalue weighted by atomic mass is 9.98. The number of piperidine rings is 1. The van der Waals surface area contributed by atoms with Gasteiger partial charge in [0.1, 0.15) is 5.75 Å². The largest absolute Gasteiger partial charge is 0.497 e. The number of hydrogen-bond acceptors (Lipinski definition) is 4. The van der Waals surface area contributed by atoms with Gasteiger partial charge in [0.25, 0.3) is 0 Å². The molecule has 0 N–H and O–H groups in total. The van der Waals surface area contributed by atoms with Crippen LogP contribution in [0.3, 0.4) is 0 Å². The Labute approximate surface area is 165 Å². The lowest BCUT2D eigenvalue weighted by Gasteiger charge is -2.45. The van der Waals surface area contributed by atoms with Crippen molar-refractivity contribution in [1.29, 1.82) is 0 Å². The molecular formula is C23H37N3O. The molecule has 0 unspecified atom stereocenters. The van der Waals surface area contributed by atoms with E-state index in [-0.39, 0.29) is 0 Å². The van der Waals surface area contributed by atoms with Gasteiger partial charge in [-0.15, -0.1) is 0 Å². The molecule has 1 saturated carbocycles. The number of nitrogens with zero attached hydrogens (tertiary/aromatic N) is 3. The van der Waals surface area contributed by atoms with Crippen LogP contribution in [0, 0.1) is 0 Å². The van der Waals surface area contributed by atoms with Crippen LogP contribution in [0.4, 0.5) is 5.69 Å². The van der Waals surface area contributed by atoms with Crippen molar-refractivity contribution in [3.63, 3.8) is 0 Å². The zero-order chi connectivity index (χ0) is 18.5. The standard InChI is InChI=1S/C23H37N3O/c1-27-23-12-10-21(11-13-23)24-15-17-25(18-16-24)22-9-6-14-26(19-22)20-7-4-2-3-5-8-20/h10-13,20,22H,2-9,14-19H2,1H3/t22-/m1/s1. The van der Waals surface area contributed by atoms with E-state index in [2.05, 4.69) is 39.0 Å². The predicted octanol–water partition coefficient (Wildman–Crippen LogP) is 4.00. The van der Waals surface area contributed by atoms with Gasteiger partial charge in [-0.05, 0) is 56.5 Å². The van der Waals surface area contributed by atoms with E-state index in [0.717, 1.165) is 30.9 Å². The molecule has 2 heterocycles. The fraction of sp³-hybridized carbons (Fsp3) is 0.739. The smallest absolute Gasteiger partial charge is 0.119 e. The van der Waals surface area contributed by atoms with Crippen LogP contribution in [0.1, 0.15) is 51.4 Å². The maximum atomic E-state index is 5.29. The van der Waals surface area contributed by atoms with Gasteiger partial charge in [0.05, 0.1) is 7.11 Å². The summed E-state index contributed by atoms with van der Waals surface area (Å²) in [6.45, 7) is 7.35. The summed E-state index contributed by atoms with van der Waals surface area (Å²) in [7, 11) is 1.73. The number of benzene rings is 1. The summed E-state index contributed by atoms with van der Waals surface area (Å²) in [5.74, 6) is 0.943. The van der Waals surface area contributed by atoms with Crippen LogP contribution in [0.5, 0.6) is 5.75 Å². The van der Waals surface area contributed by atoms with Crippen LogP contribution in [-0.2, 0) is 0 Å². The van der Waals surface area contributed by atoms with Crippen molar-refractivity contribution in [3.05, 3.63) is 24.3 Å². The Morgan fingerprint density at radius 2 is 1.37 bits per heavy atom. The summed E-state index contributed by atoms with van der Waals surface area (Å²) in [4.78, 5) is 8.17. The topological polar surface area (TPSA) is 19.0 Å². The zero-order valence-electron chi connectivity index (χ0n) is 17.1. The van der Waals surface area contributed by atoms with E-state index < -0.39 is 0 Å². The lowest BCUT2D eigenvalue weighted by molar-refractivity contribution is 0.0624. The molecule has 3 aliphatic rings. The van der Waals surface area contributed by atoms with Gasteiger partial charge in [0, 0.05) is 50.5 Å². The van der Waals surface area contributed by atoms with Gasteiger partial charge in [0.2, 0.25) is 0 Å². The highest BCUT2D eigenvalue weighted by Gasteiger charge is 2.31. The molecule has 0 aromatic heterocycles. The Balaban J connectivity index is 1.29. The Bertz CT molecular complexity index is 559. The molecule has 1 aromatic rings. The van der Waals surface area contributed by atoms with E-state index in [9.17, 15) is 0 Å². The maximum Gasteiger partial charge on any atom is 0.119 e. The fourth-order valence-electron chi connectivity index (χ4n) is 5.37.